The Kier molecular flexibility index (Phi) is 6.43. The number of hydrogen-bond donors (Lipinski definition) is 1. The molecule has 0 fully saturated rings. The molecule has 0 aliphatic heterocycles. The highest BCUT2D eigenvalue weighted by Gasteiger charge is 2.22. The molecule has 9 nitrogen and oxygen atoms in total. The minimum absolute atomic E-state index is 0.0688. The minimum atomic E-state index is -0.808. The summed E-state index contributed by atoms with van der Waals surface area (Å²) in [7, 11) is 0. The quantitative estimate of drug-likeness (QED) is 0.332. The Bertz CT molecular complexity index is 915. The van der Waals surface area contributed by atoms with Gasteiger partial charge in [0.25, 0.3) is 5.69 Å². The second kappa shape index (κ2) is 8.76. The van der Waals surface area contributed by atoms with Crippen LogP contribution in [0.1, 0.15) is 50.5 Å². The van der Waals surface area contributed by atoms with E-state index in [9.17, 15) is 29.6 Å². The number of esters is 2. The summed E-state index contributed by atoms with van der Waals surface area (Å²) in [5.74, 6) is -2.80. The molecular formula is C19H17NO8. The van der Waals surface area contributed by atoms with Crippen LogP contribution in [0.25, 0.3) is 0 Å². The number of hydrogen-bond acceptors (Lipinski definition) is 8. The van der Waals surface area contributed by atoms with Gasteiger partial charge in [0.15, 0.2) is 5.78 Å². The first kappa shape index (κ1) is 20.6. The number of non-ortho nitro benzene ring substituents is 1. The van der Waals surface area contributed by atoms with E-state index in [1.807, 2.05) is 0 Å². The Hall–Kier alpha value is -3.75. The number of nitrogens with zero attached hydrogens (tertiary/aromatic N) is 1. The smallest absolute Gasteiger partial charge is 0.338 e. The van der Waals surface area contributed by atoms with Gasteiger partial charge in [-0.1, -0.05) is 0 Å². The van der Waals surface area contributed by atoms with Gasteiger partial charge in [-0.25, -0.2) is 9.59 Å². The molecule has 2 rings (SSSR count). The third-order valence-corrected chi connectivity index (χ3v) is 3.65. The summed E-state index contributed by atoms with van der Waals surface area (Å²) < 4.78 is 9.79. The molecule has 0 spiro atoms. The van der Waals surface area contributed by atoms with Crippen molar-refractivity contribution in [2.24, 2.45) is 0 Å². The molecule has 0 aliphatic carbocycles. The highest BCUT2D eigenvalue weighted by atomic mass is 16.6. The van der Waals surface area contributed by atoms with Crippen LogP contribution in [0.2, 0.25) is 0 Å². The maximum Gasteiger partial charge on any atom is 0.338 e. The van der Waals surface area contributed by atoms with Crippen molar-refractivity contribution in [3.05, 3.63) is 68.8 Å². The van der Waals surface area contributed by atoms with Crippen molar-refractivity contribution in [3.63, 3.8) is 0 Å². The van der Waals surface area contributed by atoms with Crippen LogP contribution in [-0.4, -0.2) is 41.0 Å². The monoisotopic (exact) mass is 387 g/mol. The number of carbonyl (C=O) groups is 3. The minimum Gasteiger partial charge on any atom is -0.507 e. The topological polar surface area (TPSA) is 133 Å². The zero-order chi connectivity index (χ0) is 20.8. The molecule has 2 aromatic rings. The molecule has 0 radical (unpaired) electrons. The Labute approximate surface area is 159 Å². The first-order valence-electron chi connectivity index (χ1n) is 8.29. The average Bonchev–Trinajstić information content (AvgIpc) is 2.67. The molecule has 0 unspecified atom stereocenters. The molecule has 146 valence electrons. The Morgan fingerprint density at radius 3 is 1.89 bits per heavy atom. The SMILES string of the molecule is CCOC(=O)c1cc(C(=O)OCC)cc(C(=O)c2cc([N+](=O)[O-])ccc2O)c1. The van der Waals surface area contributed by atoms with E-state index in [0.717, 1.165) is 18.2 Å². The van der Waals surface area contributed by atoms with Gasteiger partial charge in [0, 0.05) is 17.7 Å². The summed E-state index contributed by atoms with van der Waals surface area (Å²) in [5.41, 5.74) is -1.01. The van der Waals surface area contributed by atoms with Crippen LogP contribution in [0.5, 0.6) is 5.75 Å². The molecule has 0 saturated carbocycles. The summed E-state index contributed by atoms with van der Waals surface area (Å²) in [6, 6.07) is 6.57. The Morgan fingerprint density at radius 2 is 1.43 bits per heavy atom. The number of ketones is 1. The highest BCUT2D eigenvalue weighted by molar-refractivity contribution is 6.13. The second-order valence-corrected chi connectivity index (χ2v) is 5.53. The molecule has 9 heteroatoms. The molecule has 0 aromatic heterocycles. The van der Waals surface area contributed by atoms with Crippen LogP contribution < -0.4 is 0 Å². The van der Waals surface area contributed by atoms with E-state index in [0.29, 0.717) is 0 Å². The molecule has 0 heterocycles. The fourth-order valence-electron chi connectivity index (χ4n) is 2.40. The van der Waals surface area contributed by atoms with Crippen molar-refractivity contribution < 1.29 is 33.9 Å². The second-order valence-electron chi connectivity index (χ2n) is 5.53. The number of aromatic hydroxyl groups is 1. The maximum absolute atomic E-state index is 12.8. The zero-order valence-corrected chi connectivity index (χ0v) is 15.1. The fraction of sp³-hybridized carbons (Fsp3) is 0.211. The number of rotatable bonds is 7. The number of nitro benzene ring substituents is 1. The van der Waals surface area contributed by atoms with Crippen molar-refractivity contribution in [1.82, 2.24) is 0 Å². The summed E-state index contributed by atoms with van der Waals surface area (Å²) in [6.45, 7) is 3.36. The van der Waals surface area contributed by atoms with Gasteiger partial charge in [0.2, 0.25) is 0 Å². The molecule has 1 N–H and O–H groups in total. The molecule has 0 atom stereocenters. The number of benzene rings is 2. The van der Waals surface area contributed by atoms with Gasteiger partial charge in [-0.3, -0.25) is 14.9 Å². The highest BCUT2D eigenvalue weighted by Crippen LogP contribution is 2.26. The number of nitro groups is 1. The van der Waals surface area contributed by atoms with Crippen LogP contribution in [0.4, 0.5) is 5.69 Å². The van der Waals surface area contributed by atoms with Crippen LogP contribution in [0.3, 0.4) is 0 Å². The van der Waals surface area contributed by atoms with Crippen molar-refractivity contribution >= 4 is 23.4 Å². The van der Waals surface area contributed by atoms with Gasteiger partial charge in [-0.2, -0.15) is 0 Å². The van der Waals surface area contributed by atoms with Crippen molar-refractivity contribution in [3.8, 4) is 5.75 Å². The molecule has 0 bridgehead atoms. The van der Waals surface area contributed by atoms with Gasteiger partial charge in [0.1, 0.15) is 5.75 Å². The van der Waals surface area contributed by atoms with E-state index in [-0.39, 0.29) is 35.5 Å². The van der Waals surface area contributed by atoms with E-state index in [2.05, 4.69) is 0 Å². The number of carbonyl (C=O) groups excluding carboxylic acids is 3. The van der Waals surface area contributed by atoms with Crippen molar-refractivity contribution in [2.75, 3.05) is 13.2 Å². The summed E-state index contributed by atoms with van der Waals surface area (Å²) >= 11 is 0. The average molecular weight is 387 g/mol. The standard InChI is InChI=1S/C19H17NO8/c1-3-27-18(23)12-7-11(8-13(9-12)19(24)28-4-2)17(22)15-10-14(20(25)26)5-6-16(15)21/h5-10,21H,3-4H2,1-2H3. The Balaban J connectivity index is 2.58. The lowest BCUT2D eigenvalue weighted by atomic mass is 9.97. The number of phenolic OH excluding ortho intramolecular Hbond substituents is 1. The largest absolute Gasteiger partial charge is 0.507 e. The third kappa shape index (κ3) is 4.50. The summed E-state index contributed by atoms with van der Waals surface area (Å²) in [5, 5.41) is 20.9. The van der Waals surface area contributed by atoms with Crippen molar-refractivity contribution in [1.29, 1.82) is 0 Å². The molecule has 28 heavy (non-hydrogen) atoms. The number of ether oxygens (including phenoxy) is 2. The van der Waals surface area contributed by atoms with Crippen LogP contribution in [0, 0.1) is 10.1 Å². The van der Waals surface area contributed by atoms with Gasteiger partial charge in [0.05, 0.1) is 34.8 Å². The van der Waals surface area contributed by atoms with E-state index < -0.39 is 34.1 Å². The fourth-order valence-corrected chi connectivity index (χ4v) is 2.40. The third-order valence-electron chi connectivity index (χ3n) is 3.65. The maximum atomic E-state index is 12.8. The van der Waals surface area contributed by atoms with Crippen molar-refractivity contribution in [2.45, 2.75) is 13.8 Å². The molecule has 0 amide bonds. The predicted molar refractivity (Wildman–Crippen MR) is 96.5 cm³/mol. The van der Waals surface area contributed by atoms with Gasteiger partial charge < -0.3 is 14.6 Å². The first-order valence-corrected chi connectivity index (χ1v) is 8.29. The molecule has 2 aromatic carbocycles. The number of phenols is 1. The Morgan fingerprint density at radius 1 is 0.929 bits per heavy atom. The van der Waals surface area contributed by atoms with E-state index in [1.165, 1.54) is 18.2 Å². The van der Waals surface area contributed by atoms with Gasteiger partial charge in [-0.05, 0) is 38.1 Å². The summed E-state index contributed by atoms with van der Waals surface area (Å²) in [6.07, 6.45) is 0. The lowest BCUT2D eigenvalue weighted by Gasteiger charge is -2.09. The van der Waals surface area contributed by atoms with E-state index in [4.69, 9.17) is 9.47 Å². The predicted octanol–water partition coefficient (Wildman–Crippen LogP) is 2.88. The van der Waals surface area contributed by atoms with Crippen LogP contribution in [-0.2, 0) is 9.47 Å². The van der Waals surface area contributed by atoms with Crippen LogP contribution in [0.15, 0.2) is 36.4 Å². The van der Waals surface area contributed by atoms with Crippen LogP contribution >= 0.6 is 0 Å². The molecule has 0 saturated heterocycles. The van der Waals surface area contributed by atoms with E-state index in [1.54, 1.807) is 13.8 Å². The lowest BCUT2D eigenvalue weighted by molar-refractivity contribution is -0.384. The first-order chi connectivity index (χ1) is 13.3. The molecule has 0 aliphatic rings. The van der Waals surface area contributed by atoms with Gasteiger partial charge in [-0.15, -0.1) is 0 Å². The molecular weight excluding hydrogens is 370 g/mol. The zero-order valence-electron chi connectivity index (χ0n) is 15.1. The van der Waals surface area contributed by atoms with Gasteiger partial charge >= 0.3 is 11.9 Å². The normalized spacial score (nSPS) is 10.2. The summed E-state index contributed by atoms with van der Waals surface area (Å²) in [4.78, 5) is 47.2. The lowest BCUT2D eigenvalue weighted by Crippen LogP contribution is -2.12. The van der Waals surface area contributed by atoms with E-state index >= 15 is 0 Å².